The molecule has 1 aliphatic heterocycles. The summed E-state index contributed by atoms with van der Waals surface area (Å²) in [5.74, 6) is -0.687. The summed E-state index contributed by atoms with van der Waals surface area (Å²) in [5.41, 5.74) is -0.286. The number of nitro groups is 1. The minimum atomic E-state index is -4.04. The Morgan fingerprint density at radius 3 is 2.03 bits per heavy atom. The molecule has 0 aliphatic carbocycles. The summed E-state index contributed by atoms with van der Waals surface area (Å²) >= 11 is 0. The van der Waals surface area contributed by atoms with E-state index >= 15 is 0 Å². The molecule has 0 aromatic heterocycles. The molecule has 2 aromatic carbocycles. The van der Waals surface area contributed by atoms with Crippen LogP contribution in [0, 0.1) is 22.9 Å². The van der Waals surface area contributed by atoms with Crippen molar-refractivity contribution >= 4 is 25.7 Å². The maximum Gasteiger partial charge on any atom is 0.273 e. The first-order chi connectivity index (χ1) is 13.5. The van der Waals surface area contributed by atoms with Gasteiger partial charge in [0.2, 0.25) is 20.0 Å². The van der Waals surface area contributed by atoms with Gasteiger partial charge in [-0.15, -0.1) is 0 Å². The summed E-state index contributed by atoms with van der Waals surface area (Å²) in [6.07, 6.45) is 0. The van der Waals surface area contributed by atoms with Gasteiger partial charge >= 0.3 is 0 Å². The lowest BCUT2D eigenvalue weighted by Crippen LogP contribution is -2.50. The van der Waals surface area contributed by atoms with Crippen molar-refractivity contribution in [3.8, 4) is 0 Å². The van der Waals surface area contributed by atoms with E-state index in [1.807, 2.05) is 0 Å². The molecule has 0 saturated carbocycles. The van der Waals surface area contributed by atoms with Gasteiger partial charge in [0.25, 0.3) is 5.69 Å². The SMILES string of the molecule is Cc1c([N+](=O)[O-])cccc1S(=O)(=O)N1CCN(S(=O)(=O)c2cccc(F)c2)CC1. The molecule has 0 atom stereocenters. The molecule has 0 N–H and O–H groups in total. The molecule has 3 rings (SSSR count). The van der Waals surface area contributed by atoms with Crippen LogP contribution < -0.4 is 0 Å². The van der Waals surface area contributed by atoms with Crippen molar-refractivity contribution in [2.45, 2.75) is 16.7 Å². The van der Waals surface area contributed by atoms with Crippen LogP contribution in [-0.4, -0.2) is 56.5 Å². The second-order valence-electron chi connectivity index (χ2n) is 6.42. The van der Waals surface area contributed by atoms with Crippen molar-refractivity contribution < 1.29 is 26.1 Å². The molecule has 29 heavy (non-hydrogen) atoms. The Balaban J connectivity index is 1.82. The molecule has 1 heterocycles. The van der Waals surface area contributed by atoms with E-state index in [2.05, 4.69) is 0 Å². The fraction of sp³-hybridized carbons (Fsp3) is 0.294. The number of hydrogen-bond donors (Lipinski definition) is 0. The molecule has 0 amide bonds. The normalized spacial score (nSPS) is 16.6. The first kappa shape index (κ1) is 21.3. The van der Waals surface area contributed by atoms with Gasteiger partial charge in [-0.05, 0) is 31.2 Å². The van der Waals surface area contributed by atoms with E-state index in [-0.39, 0.29) is 47.2 Å². The molecule has 0 unspecified atom stereocenters. The van der Waals surface area contributed by atoms with Crippen LogP contribution in [0.15, 0.2) is 52.3 Å². The van der Waals surface area contributed by atoms with Crippen molar-refractivity contribution in [3.63, 3.8) is 0 Å². The van der Waals surface area contributed by atoms with E-state index in [1.165, 1.54) is 37.3 Å². The van der Waals surface area contributed by atoms with Crippen molar-refractivity contribution in [1.29, 1.82) is 0 Å². The smallest absolute Gasteiger partial charge is 0.258 e. The van der Waals surface area contributed by atoms with Gasteiger partial charge in [-0.2, -0.15) is 8.61 Å². The molecule has 0 bridgehead atoms. The molecule has 1 aliphatic rings. The van der Waals surface area contributed by atoms with E-state index < -0.39 is 30.8 Å². The molecule has 9 nitrogen and oxygen atoms in total. The summed E-state index contributed by atoms with van der Waals surface area (Å²) < 4.78 is 66.8. The molecule has 1 fully saturated rings. The zero-order valence-electron chi connectivity index (χ0n) is 15.4. The Morgan fingerprint density at radius 1 is 0.931 bits per heavy atom. The summed E-state index contributed by atoms with van der Waals surface area (Å²) in [6.45, 7) is 0.867. The highest BCUT2D eigenvalue weighted by Crippen LogP contribution is 2.28. The monoisotopic (exact) mass is 443 g/mol. The molecular formula is C17H18FN3O6S2. The lowest BCUT2D eigenvalue weighted by atomic mass is 10.2. The quantitative estimate of drug-likeness (QED) is 0.513. The fourth-order valence-corrected chi connectivity index (χ4v) is 6.26. The van der Waals surface area contributed by atoms with E-state index in [1.54, 1.807) is 0 Å². The van der Waals surface area contributed by atoms with Gasteiger partial charge < -0.3 is 0 Å². The third kappa shape index (κ3) is 4.01. The highest BCUT2D eigenvalue weighted by atomic mass is 32.2. The molecule has 0 spiro atoms. The lowest BCUT2D eigenvalue weighted by molar-refractivity contribution is -0.385. The second-order valence-corrected chi connectivity index (χ2v) is 10.3. The Labute approximate surface area is 167 Å². The van der Waals surface area contributed by atoms with Crippen LogP contribution in [-0.2, 0) is 20.0 Å². The second kappa shape index (κ2) is 7.78. The highest BCUT2D eigenvalue weighted by molar-refractivity contribution is 7.89. The van der Waals surface area contributed by atoms with Crippen LogP contribution in [0.2, 0.25) is 0 Å². The van der Waals surface area contributed by atoms with Crippen LogP contribution in [0.3, 0.4) is 0 Å². The highest BCUT2D eigenvalue weighted by Gasteiger charge is 2.35. The van der Waals surface area contributed by atoms with Gasteiger partial charge in [0.1, 0.15) is 5.82 Å². The zero-order chi connectivity index (χ0) is 21.4. The van der Waals surface area contributed by atoms with Crippen molar-refractivity contribution in [2.75, 3.05) is 26.2 Å². The Hall–Kier alpha value is -2.41. The summed E-state index contributed by atoms with van der Waals surface area (Å²) in [6, 6.07) is 8.39. The number of nitro benzene ring substituents is 1. The minimum absolute atomic E-state index is 0.0207. The first-order valence-corrected chi connectivity index (χ1v) is 11.4. The number of hydrogen-bond acceptors (Lipinski definition) is 6. The number of halogens is 1. The van der Waals surface area contributed by atoms with E-state index in [0.29, 0.717) is 0 Å². The van der Waals surface area contributed by atoms with E-state index in [4.69, 9.17) is 0 Å². The number of rotatable bonds is 5. The summed E-state index contributed by atoms with van der Waals surface area (Å²) in [5, 5.41) is 11.1. The topological polar surface area (TPSA) is 118 Å². The third-order valence-corrected chi connectivity index (χ3v) is 8.64. The number of benzene rings is 2. The van der Waals surface area contributed by atoms with Crippen LogP contribution >= 0.6 is 0 Å². The van der Waals surface area contributed by atoms with Crippen LogP contribution in [0.4, 0.5) is 10.1 Å². The largest absolute Gasteiger partial charge is 0.273 e. The van der Waals surface area contributed by atoms with E-state index in [9.17, 15) is 31.3 Å². The zero-order valence-corrected chi connectivity index (χ0v) is 17.0. The Kier molecular flexibility index (Phi) is 5.72. The number of nitrogens with zero attached hydrogens (tertiary/aromatic N) is 3. The summed E-state index contributed by atoms with van der Waals surface area (Å²) in [7, 11) is -8.00. The lowest BCUT2D eigenvalue weighted by Gasteiger charge is -2.33. The van der Waals surface area contributed by atoms with Gasteiger partial charge in [-0.1, -0.05) is 12.1 Å². The van der Waals surface area contributed by atoms with Crippen molar-refractivity contribution in [3.05, 3.63) is 64.0 Å². The molecule has 0 radical (unpaired) electrons. The van der Waals surface area contributed by atoms with Gasteiger partial charge in [-0.3, -0.25) is 10.1 Å². The van der Waals surface area contributed by atoms with Gasteiger partial charge in [0.05, 0.1) is 14.7 Å². The predicted molar refractivity (Wildman–Crippen MR) is 102 cm³/mol. The Bertz CT molecular complexity index is 1160. The number of piperazine rings is 1. The minimum Gasteiger partial charge on any atom is -0.258 e. The average molecular weight is 443 g/mol. The van der Waals surface area contributed by atoms with Gasteiger partial charge in [-0.25, -0.2) is 21.2 Å². The maximum atomic E-state index is 13.4. The maximum absolute atomic E-state index is 13.4. The predicted octanol–water partition coefficient (Wildman–Crippen LogP) is 1.74. The number of sulfonamides is 2. The van der Waals surface area contributed by atoms with Crippen molar-refractivity contribution in [1.82, 2.24) is 8.61 Å². The van der Waals surface area contributed by atoms with Crippen molar-refractivity contribution in [2.24, 2.45) is 0 Å². The first-order valence-electron chi connectivity index (χ1n) is 8.55. The van der Waals surface area contributed by atoms with Gasteiger partial charge in [0, 0.05) is 37.8 Å². The van der Waals surface area contributed by atoms with Crippen LogP contribution in [0.25, 0.3) is 0 Å². The molecular weight excluding hydrogens is 425 g/mol. The molecule has 2 aromatic rings. The van der Waals surface area contributed by atoms with Crippen LogP contribution in [0.1, 0.15) is 5.56 Å². The third-order valence-electron chi connectivity index (χ3n) is 4.70. The fourth-order valence-electron chi connectivity index (χ4n) is 3.15. The standard InChI is InChI=1S/C17H18FN3O6S2/c1-13-16(21(22)23)6-3-7-17(13)29(26,27)20-10-8-19(9-11-20)28(24,25)15-5-2-4-14(18)12-15/h2-7,12H,8-11H2,1H3. The Morgan fingerprint density at radius 2 is 1.48 bits per heavy atom. The van der Waals surface area contributed by atoms with Crippen LogP contribution in [0.5, 0.6) is 0 Å². The molecule has 12 heteroatoms. The average Bonchev–Trinajstić information content (AvgIpc) is 2.68. The van der Waals surface area contributed by atoms with E-state index in [0.717, 1.165) is 20.7 Å². The molecule has 1 saturated heterocycles. The summed E-state index contributed by atoms with van der Waals surface area (Å²) in [4.78, 5) is 10.0. The molecule has 156 valence electrons. The van der Waals surface area contributed by atoms with Gasteiger partial charge in [0.15, 0.2) is 0 Å².